The van der Waals surface area contributed by atoms with E-state index in [0.29, 0.717) is 18.0 Å². The SMILES string of the molecule is C[C@@H](CNC(=O)N1CCC2(CCc3ccccc32)CC1)N1CCOCC1. The first-order chi connectivity index (χ1) is 12.7. The first kappa shape index (κ1) is 17.8. The maximum Gasteiger partial charge on any atom is 0.317 e. The van der Waals surface area contributed by atoms with Crippen LogP contribution in [0.2, 0.25) is 0 Å². The number of urea groups is 1. The second-order valence-electron chi connectivity index (χ2n) is 8.11. The zero-order valence-electron chi connectivity index (χ0n) is 15.9. The number of hydrogen-bond acceptors (Lipinski definition) is 3. The van der Waals surface area contributed by atoms with Gasteiger partial charge in [-0.25, -0.2) is 4.79 Å². The van der Waals surface area contributed by atoms with E-state index in [9.17, 15) is 4.79 Å². The molecule has 0 radical (unpaired) electrons. The highest BCUT2D eigenvalue weighted by Gasteiger charge is 2.41. The van der Waals surface area contributed by atoms with E-state index in [4.69, 9.17) is 4.74 Å². The Labute approximate surface area is 156 Å². The summed E-state index contributed by atoms with van der Waals surface area (Å²) >= 11 is 0. The Kier molecular flexibility index (Phi) is 5.18. The zero-order chi connectivity index (χ0) is 18.0. The summed E-state index contributed by atoms with van der Waals surface area (Å²) in [7, 11) is 0. The number of likely N-dealkylation sites (tertiary alicyclic amines) is 1. The first-order valence-electron chi connectivity index (χ1n) is 10.1. The Bertz CT molecular complexity index is 634. The van der Waals surface area contributed by atoms with Gasteiger partial charge in [0.1, 0.15) is 0 Å². The van der Waals surface area contributed by atoms with Gasteiger partial charge in [-0.15, -0.1) is 0 Å². The number of nitrogens with one attached hydrogen (secondary N) is 1. The summed E-state index contributed by atoms with van der Waals surface area (Å²) in [6.45, 7) is 8.15. The number of ether oxygens (including phenoxy) is 1. The van der Waals surface area contributed by atoms with Crippen LogP contribution in [0.4, 0.5) is 4.79 Å². The summed E-state index contributed by atoms with van der Waals surface area (Å²) in [5.41, 5.74) is 3.37. The molecule has 142 valence electrons. The molecule has 5 nitrogen and oxygen atoms in total. The van der Waals surface area contributed by atoms with E-state index in [0.717, 1.165) is 52.2 Å². The zero-order valence-corrected chi connectivity index (χ0v) is 15.9. The molecule has 1 spiro atoms. The Balaban J connectivity index is 1.28. The van der Waals surface area contributed by atoms with E-state index >= 15 is 0 Å². The minimum Gasteiger partial charge on any atom is -0.379 e. The van der Waals surface area contributed by atoms with Gasteiger partial charge >= 0.3 is 6.03 Å². The number of piperidine rings is 1. The van der Waals surface area contributed by atoms with Gasteiger partial charge < -0.3 is 15.0 Å². The number of hydrogen-bond donors (Lipinski definition) is 1. The van der Waals surface area contributed by atoms with Crippen molar-refractivity contribution in [2.45, 2.75) is 44.1 Å². The highest BCUT2D eigenvalue weighted by atomic mass is 16.5. The van der Waals surface area contributed by atoms with Crippen molar-refractivity contribution in [3.63, 3.8) is 0 Å². The first-order valence-corrected chi connectivity index (χ1v) is 10.1. The number of fused-ring (bicyclic) bond motifs is 2. The van der Waals surface area contributed by atoms with Gasteiger partial charge in [0.05, 0.1) is 13.2 Å². The van der Waals surface area contributed by atoms with Crippen molar-refractivity contribution in [2.75, 3.05) is 45.9 Å². The van der Waals surface area contributed by atoms with Gasteiger partial charge in [-0.3, -0.25) is 4.90 Å². The minimum absolute atomic E-state index is 0.103. The summed E-state index contributed by atoms with van der Waals surface area (Å²) in [6.07, 6.45) is 4.63. The van der Waals surface area contributed by atoms with Crippen LogP contribution in [0.1, 0.15) is 37.3 Å². The maximum absolute atomic E-state index is 12.6. The lowest BCUT2D eigenvalue weighted by molar-refractivity contribution is 0.0206. The molecule has 4 rings (SSSR count). The molecule has 0 saturated carbocycles. The number of rotatable bonds is 3. The predicted octanol–water partition coefficient (Wildman–Crippen LogP) is 2.40. The van der Waals surface area contributed by atoms with Crippen LogP contribution in [0.3, 0.4) is 0 Å². The molecule has 2 amide bonds. The molecule has 1 atom stereocenters. The molecule has 0 aromatic heterocycles. The lowest BCUT2D eigenvalue weighted by Crippen LogP contribution is -2.52. The van der Waals surface area contributed by atoms with Crippen molar-refractivity contribution in [3.05, 3.63) is 35.4 Å². The molecule has 0 unspecified atom stereocenters. The summed E-state index contributed by atoms with van der Waals surface area (Å²) < 4.78 is 5.40. The molecule has 1 N–H and O–H groups in total. The molecule has 26 heavy (non-hydrogen) atoms. The Morgan fingerprint density at radius 2 is 1.88 bits per heavy atom. The summed E-state index contributed by atoms with van der Waals surface area (Å²) in [5, 5.41) is 3.15. The van der Waals surface area contributed by atoms with Crippen LogP contribution in [0.15, 0.2) is 24.3 Å². The minimum atomic E-state index is 0.103. The fourth-order valence-corrected chi connectivity index (χ4v) is 4.92. The van der Waals surface area contributed by atoms with E-state index in [-0.39, 0.29) is 6.03 Å². The van der Waals surface area contributed by atoms with Gasteiger partial charge in [-0.2, -0.15) is 0 Å². The number of amides is 2. The largest absolute Gasteiger partial charge is 0.379 e. The van der Waals surface area contributed by atoms with E-state index in [1.807, 2.05) is 4.90 Å². The molecular weight excluding hydrogens is 326 g/mol. The third-order valence-corrected chi connectivity index (χ3v) is 6.69. The molecule has 1 aliphatic carbocycles. The maximum atomic E-state index is 12.6. The molecule has 2 saturated heterocycles. The molecule has 0 bridgehead atoms. The third-order valence-electron chi connectivity index (χ3n) is 6.69. The van der Waals surface area contributed by atoms with Gasteiger partial charge in [-0.1, -0.05) is 24.3 Å². The number of aryl methyl sites for hydroxylation is 1. The highest BCUT2D eigenvalue weighted by Crippen LogP contribution is 2.46. The second-order valence-corrected chi connectivity index (χ2v) is 8.11. The summed E-state index contributed by atoms with van der Waals surface area (Å²) in [4.78, 5) is 17.0. The van der Waals surface area contributed by atoms with Crippen LogP contribution in [0.25, 0.3) is 0 Å². The van der Waals surface area contributed by atoms with E-state index in [2.05, 4.69) is 41.4 Å². The number of nitrogens with zero attached hydrogens (tertiary/aromatic N) is 2. The fourth-order valence-electron chi connectivity index (χ4n) is 4.92. The average molecular weight is 357 g/mol. The quantitative estimate of drug-likeness (QED) is 0.903. The lowest BCUT2D eigenvalue weighted by Gasteiger charge is -2.40. The van der Waals surface area contributed by atoms with E-state index in [1.54, 1.807) is 5.56 Å². The van der Waals surface area contributed by atoms with Crippen LogP contribution in [-0.2, 0) is 16.6 Å². The van der Waals surface area contributed by atoms with Gasteiger partial charge in [-0.05, 0) is 49.1 Å². The smallest absolute Gasteiger partial charge is 0.317 e. The lowest BCUT2D eigenvalue weighted by atomic mass is 9.74. The molecule has 2 aliphatic heterocycles. The third kappa shape index (κ3) is 3.47. The van der Waals surface area contributed by atoms with E-state index < -0.39 is 0 Å². The topological polar surface area (TPSA) is 44.8 Å². The molecule has 1 aromatic carbocycles. The van der Waals surface area contributed by atoms with Gasteiger partial charge in [0.25, 0.3) is 0 Å². The van der Waals surface area contributed by atoms with Crippen LogP contribution in [0, 0.1) is 0 Å². The van der Waals surface area contributed by atoms with Crippen LogP contribution < -0.4 is 5.32 Å². The fraction of sp³-hybridized carbons (Fsp3) is 0.667. The Morgan fingerprint density at radius 3 is 2.65 bits per heavy atom. The van der Waals surface area contributed by atoms with Crippen molar-refractivity contribution in [1.29, 1.82) is 0 Å². The molecule has 5 heteroatoms. The number of benzene rings is 1. The molecule has 2 fully saturated rings. The summed E-state index contributed by atoms with van der Waals surface area (Å²) in [5.74, 6) is 0. The van der Waals surface area contributed by atoms with Gasteiger partial charge in [0, 0.05) is 38.8 Å². The number of carbonyl (C=O) groups excluding carboxylic acids is 1. The molecular formula is C21H31N3O2. The van der Waals surface area contributed by atoms with Crippen LogP contribution in [0.5, 0.6) is 0 Å². The van der Waals surface area contributed by atoms with Crippen molar-refractivity contribution in [1.82, 2.24) is 15.1 Å². The monoisotopic (exact) mass is 357 g/mol. The standard InChI is InChI=1S/C21H31N3O2/c1-17(23-12-14-26-15-13-23)16-22-20(25)24-10-8-21(9-11-24)7-6-18-4-2-3-5-19(18)21/h2-5,17H,6-16H2,1H3,(H,22,25)/t17-/m0/s1. The van der Waals surface area contributed by atoms with Gasteiger partial charge in [0.15, 0.2) is 0 Å². The highest BCUT2D eigenvalue weighted by molar-refractivity contribution is 5.74. The van der Waals surface area contributed by atoms with E-state index in [1.165, 1.54) is 18.4 Å². The van der Waals surface area contributed by atoms with Crippen LogP contribution in [-0.4, -0.2) is 67.8 Å². The molecule has 1 aromatic rings. The predicted molar refractivity (Wildman–Crippen MR) is 103 cm³/mol. The average Bonchev–Trinajstić information content (AvgIpc) is 3.05. The van der Waals surface area contributed by atoms with Crippen LogP contribution >= 0.6 is 0 Å². The molecule has 3 aliphatic rings. The van der Waals surface area contributed by atoms with Gasteiger partial charge in [0.2, 0.25) is 0 Å². The van der Waals surface area contributed by atoms with Crippen molar-refractivity contribution < 1.29 is 9.53 Å². The van der Waals surface area contributed by atoms with Crippen molar-refractivity contribution in [2.24, 2.45) is 0 Å². The number of morpholine rings is 1. The van der Waals surface area contributed by atoms with Crippen molar-refractivity contribution in [3.8, 4) is 0 Å². The molecule has 2 heterocycles. The van der Waals surface area contributed by atoms with Crippen molar-refractivity contribution >= 4 is 6.03 Å². The number of carbonyl (C=O) groups is 1. The second kappa shape index (κ2) is 7.57. The normalized spacial score (nSPS) is 23.7. The Morgan fingerprint density at radius 1 is 1.15 bits per heavy atom. The Hall–Kier alpha value is -1.59. The summed E-state index contributed by atoms with van der Waals surface area (Å²) in [6, 6.07) is 9.36.